The van der Waals surface area contributed by atoms with Gasteiger partial charge in [-0.15, -0.1) is 0 Å². The summed E-state index contributed by atoms with van der Waals surface area (Å²) in [6.07, 6.45) is 0.176. The van der Waals surface area contributed by atoms with Crippen LogP contribution >= 0.6 is 15.9 Å². The highest BCUT2D eigenvalue weighted by molar-refractivity contribution is 9.10. The molecule has 1 N–H and O–H groups in total. The van der Waals surface area contributed by atoms with Crippen LogP contribution in [0.2, 0.25) is 0 Å². The van der Waals surface area contributed by atoms with E-state index in [1.807, 2.05) is 6.92 Å². The van der Waals surface area contributed by atoms with Gasteiger partial charge in [-0.05, 0) is 48.0 Å². The number of aldehydes is 1. The number of nitrogens with one attached hydrogen (secondary N) is 1. The highest BCUT2D eigenvalue weighted by Gasteiger charge is 2.14. The van der Waals surface area contributed by atoms with Crippen molar-refractivity contribution in [3.63, 3.8) is 0 Å². The van der Waals surface area contributed by atoms with E-state index < -0.39 is 6.10 Å². The van der Waals surface area contributed by atoms with Crippen molar-refractivity contribution in [2.75, 3.05) is 6.54 Å². The van der Waals surface area contributed by atoms with Crippen molar-refractivity contribution < 1.29 is 14.3 Å². The molecule has 92 valence electrons. The van der Waals surface area contributed by atoms with E-state index in [0.717, 1.165) is 6.29 Å². The number of carbonyl (C=O) groups excluding carboxylic acids is 2. The van der Waals surface area contributed by atoms with Gasteiger partial charge < -0.3 is 10.1 Å². The molecule has 0 fully saturated rings. The molecular formula is C12H14BrNO3. The van der Waals surface area contributed by atoms with Crippen LogP contribution in [0.15, 0.2) is 22.7 Å². The molecule has 0 radical (unpaired) electrons. The van der Waals surface area contributed by atoms with E-state index in [0.29, 0.717) is 22.3 Å². The number of amides is 1. The topological polar surface area (TPSA) is 55.4 Å². The summed E-state index contributed by atoms with van der Waals surface area (Å²) in [5.74, 6) is 0.369. The summed E-state index contributed by atoms with van der Waals surface area (Å²) in [6.45, 7) is 4.09. The number of carbonyl (C=O) groups is 2. The summed E-state index contributed by atoms with van der Waals surface area (Å²) in [5.41, 5.74) is 0.551. The van der Waals surface area contributed by atoms with Gasteiger partial charge in [-0.2, -0.15) is 0 Å². The predicted octanol–water partition coefficient (Wildman–Crippen LogP) is 2.17. The van der Waals surface area contributed by atoms with Crippen LogP contribution in [0.5, 0.6) is 5.75 Å². The van der Waals surface area contributed by atoms with E-state index in [1.54, 1.807) is 25.1 Å². The predicted molar refractivity (Wildman–Crippen MR) is 68.3 cm³/mol. The van der Waals surface area contributed by atoms with Crippen LogP contribution in [0.4, 0.5) is 0 Å². The lowest BCUT2D eigenvalue weighted by molar-refractivity contribution is -0.127. The molecular weight excluding hydrogens is 286 g/mol. The van der Waals surface area contributed by atoms with Gasteiger partial charge in [0.05, 0.1) is 4.47 Å². The van der Waals surface area contributed by atoms with E-state index >= 15 is 0 Å². The molecule has 1 amide bonds. The Morgan fingerprint density at radius 3 is 2.82 bits per heavy atom. The first-order chi connectivity index (χ1) is 8.08. The zero-order valence-corrected chi connectivity index (χ0v) is 11.3. The summed E-state index contributed by atoms with van der Waals surface area (Å²) in [6, 6.07) is 4.94. The summed E-state index contributed by atoms with van der Waals surface area (Å²) >= 11 is 3.29. The molecule has 4 nitrogen and oxygen atoms in total. The van der Waals surface area contributed by atoms with E-state index in [2.05, 4.69) is 21.2 Å². The standard InChI is InChI=1S/C12H14BrNO3/c1-3-14-12(16)8(2)17-11-5-4-9(7-15)6-10(11)13/h4-8H,3H2,1-2H3,(H,14,16). The second kappa shape index (κ2) is 6.39. The molecule has 1 atom stereocenters. The molecule has 0 saturated heterocycles. The Hall–Kier alpha value is -1.36. The number of benzene rings is 1. The van der Waals surface area contributed by atoms with Crippen LogP contribution in [-0.2, 0) is 4.79 Å². The molecule has 0 aliphatic rings. The van der Waals surface area contributed by atoms with Crippen molar-refractivity contribution in [2.24, 2.45) is 0 Å². The van der Waals surface area contributed by atoms with E-state index in [4.69, 9.17) is 4.74 Å². The first kappa shape index (κ1) is 13.7. The van der Waals surface area contributed by atoms with Crippen molar-refractivity contribution in [3.8, 4) is 5.75 Å². The Labute approximate surface area is 108 Å². The van der Waals surface area contributed by atoms with Crippen molar-refractivity contribution in [2.45, 2.75) is 20.0 Å². The smallest absolute Gasteiger partial charge is 0.260 e. The molecule has 0 bridgehead atoms. The van der Waals surface area contributed by atoms with Gasteiger partial charge in [-0.1, -0.05) is 0 Å². The maximum absolute atomic E-state index is 11.5. The molecule has 0 aliphatic carbocycles. The Balaban J connectivity index is 2.74. The van der Waals surface area contributed by atoms with Gasteiger partial charge in [0.15, 0.2) is 6.10 Å². The minimum Gasteiger partial charge on any atom is -0.480 e. The summed E-state index contributed by atoms with van der Waals surface area (Å²) in [5, 5.41) is 2.67. The Bertz CT molecular complexity index is 420. The summed E-state index contributed by atoms with van der Waals surface area (Å²) < 4.78 is 6.14. The molecule has 5 heteroatoms. The average molecular weight is 300 g/mol. The Kier molecular flexibility index (Phi) is 5.15. The second-order valence-electron chi connectivity index (χ2n) is 3.46. The zero-order chi connectivity index (χ0) is 12.8. The quantitative estimate of drug-likeness (QED) is 0.848. The number of hydrogen-bond acceptors (Lipinski definition) is 3. The summed E-state index contributed by atoms with van der Waals surface area (Å²) in [7, 11) is 0. The molecule has 1 unspecified atom stereocenters. The number of rotatable bonds is 5. The van der Waals surface area contributed by atoms with Gasteiger partial charge in [0.1, 0.15) is 12.0 Å². The van der Waals surface area contributed by atoms with Gasteiger partial charge in [0.25, 0.3) is 5.91 Å². The number of hydrogen-bond donors (Lipinski definition) is 1. The van der Waals surface area contributed by atoms with Crippen molar-refractivity contribution in [1.29, 1.82) is 0 Å². The Morgan fingerprint density at radius 2 is 2.29 bits per heavy atom. The van der Waals surface area contributed by atoms with Crippen LogP contribution in [-0.4, -0.2) is 24.8 Å². The van der Waals surface area contributed by atoms with Crippen LogP contribution < -0.4 is 10.1 Å². The summed E-state index contributed by atoms with van der Waals surface area (Å²) in [4.78, 5) is 22.0. The number of halogens is 1. The Morgan fingerprint density at radius 1 is 1.59 bits per heavy atom. The lowest BCUT2D eigenvalue weighted by Gasteiger charge is -2.15. The van der Waals surface area contributed by atoms with Gasteiger partial charge in [-0.25, -0.2) is 0 Å². The van der Waals surface area contributed by atoms with Crippen molar-refractivity contribution >= 4 is 28.1 Å². The second-order valence-corrected chi connectivity index (χ2v) is 4.32. The molecule has 0 heterocycles. The normalized spacial score (nSPS) is 11.7. The van der Waals surface area contributed by atoms with E-state index in [1.165, 1.54) is 0 Å². The lowest BCUT2D eigenvalue weighted by atomic mass is 10.2. The first-order valence-corrected chi connectivity index (χ1v) is 6.07. The third-order valence-corrected chi connectivity index (χ3v) is 2.74. The highest BCUT2D eigenvalue weighted by atomic mass is 79.9. The van der Waals surface area contributed by atoms with E-state index in [-0.39, 0.29) is 5.91 Å². The van der Waals surface area contributed by atoms with Gasteiger partial charge in [0.2, 0.25) is 0 Å². The van der Waals surface area contributed by atoms with Gasteiger partial charge in [-0.3, -0.25) is 9.59 Å². The number of likely N-dealkylation sites (N-methyl/N-ethyl adjacent to an activating group) is 1. The lowest BCUT2D eigenvalue weighted by Crippen LogP contribution is -2.36. The molecule has 1 aromatic rings. The van der Waals surface area contributed by atoms with Crippen molar-refractivity contribution in [1.82, 2.24) is 5.32 Å². The van der Waals surface area contributed by atoms with Gasteiger partial charge >= 0.3 is 0 Å². The largest absolute Gasteiger partial charge is 0.480 e. The third-order valence-electron chi connectivity index (χ3n) is 2.12. The monoisotopic (exact) mass is 299 g/mol. The van der Waals surface area contributed by atoms with Crippen molar-refractivity contribution in [3.05, 3.63) is 28.2 Å². The van der Waals surface area contributed by atoms with Crippen LogP contribution in [0.1, 0.15) is 24.2 Å². The van der Waals surface area contributed by atoms with E-state index in [9.17, 15) is 9.59 Å². The maximum atomic E-state index is 11.5. The zero-order valence-electron chi connectivity index (χ0n) is 9.70. The molecule has 0 aromatic heterocycles. The van der Waals surface area contributed by atoms with Gasteiger partial charge in [0, 0.05) is 12.1 Å². The van der Waals surface area contributed by atoms with Crippen LogP contribution in [0.25, 0.3) is 0 Å². The first-order valence-electron chi connectivity index (χ1n) is 5.27. The molecule has 0 spiro atoms. The maximum Gasteiger partial charge on any atom is 0.260 e. The minimum absolute atomic E-state index is 0.168. The third kappa shape index (κ3) is 3.85. The fraction of sp³-hybridized carbons (Fsp3) is 0.333. The molecule has 17 heavy (non-hydrogen) atoms. The SMILES string of the molecule is CCNC(=O)C(C)Oc1ccc(C=O)cc1Br. The fourth-order valence-electron chi connectivity index (χ4n) is 1.25. The molecule has 0 aliphatic heterocycles. The molecule has 0 saturated carbocycles. The minimum atomic E-state index is -0.576. The molecule has 1 rings (SSSR count). The van der Waals surface area contributed by atoms with Crippen LogP contribution in [0.3, 0.4) is 0 Å². The average Bonchev–Trinajstić information content (AvgIpc) is 2.31. The fourth-order valence-corrected chi connectivity index (χ4v) is 1.74. The van der Waals surface area contributed by atoms with Crippen LogP contribution in [0, 0.1) is 0 Å². The highest BCUT2D eigenvalue weighted by Crippen LogP contribution is 2.26. The number of ether oxygens (including phenoxy) is 1. The molecule has 1 aromatic carbocycles.